The molecule has 0 N–H and O–H groups in total. The first kappa shape index (κ1) is 26.8. The summed E-state index contributed by atoms with van der Waals surface area (Å²) >= 11 is 8.84. The third kappa shape index (κ3) is 5.85. The Bertz CT molecular complexity index is 1100. The van der Waals surface area contributed by atoms with Crippen LogP contribution in [0.3, 0.4) is 0 Å². The molecule has 0 saturated carbocycles. The van der Waals surface area contributed by atoms with E-state index in [1.54, 1.807) is 5.56 Å². The van der Waals surface area contributed by atoms with E-state index in [9.17, 15) is 0 Å². The summed E-state index contributed by atoms with van der Waals surface area (Å²) in [7, 11) is 0. The van der Waals surface area contributed by atoms with Crippen LogP contribution in [0.4, 0.5) is 0 Å². The van der Waals surface area contributed by atoms with E-state index in [2.05, 4.69) is 78.3 Å². The molecule has 35 heavy (non-hydrogen) atoms. The predicted octanol–water partition coefficient (Wildman–Crippen LogP) is 11.7. The van der Waals surface area contributed by atoms with E-state index in [0.717, 1.165) is 4.90 Å². The highest BCUT2D eigenvalue weighted by Crippen LogP contribution is 2.57. The van der Waals surface area contributed by atoms with Crippen LogP contribution in [0.2, 0.25) is 0 Å². The molecule has 0 aromatic heterocycles. The summed E-state index contributed by atoms with van der Waals surface area (Å²) in [4.78, 5) is 1.13. The highest BCUT2D eigenvalue weighted by molar-refractivity contribution is 9.10. The molecular weight excluding hydrogens is 508 g/mol. The largest absolute Gasteiger partial charge is 0.143 e. The lowest BCUT2D eigenvalue weighted by molar-refractivity contribution is 0.397. The Balaban J connectivity index is 1.73. The molecule has 188 valence electrons. The Morgan fingerprint density at radius 1 is 0.657 bits per heavy atom. The topological polar surface area (TPSA) is 0 Å². The normalized spacial score (nSPS) is 13.8. The molecule has 0 radical (unpaired) electrons. The maximum absolute atomic E-state index is 5.01. The number of rotatable bonds is 14. The zero-order valence-corrected chi connectivity index (χ0v) is 24.3. The molecule has 0 nitrogen and oxygen atoms in total. The molecule has 0 unspecified atom stereocenters. The monoisotopic (exact) mass is 550 g/mol. The fourth-order valence-corrected chi connectivity index (χ4v) is 7.06. The molecule has 0 spiro atoms. The van der Waals surface area contributed by atoms with Crippen molar-refractivity contribution in [3.63, 3.8) is 0 Å². The maximum Gasteiger partial charge on any atom is 0.0216 e. The van der Waals surface area contributed by atoms with Gasteiger partial charge in [-0.3, -0.25) is 0 Å². The Hall–Kier alpha value is -1.25. The van der Waals surface area contributed by atoms with E-state index in [0.29, 0.717) is 0 Å². The van der Waals surface area contributed by atoms with Gasteiger partial charge < -0.3 is 0 Å². The smallest absolute Gasteiger partial charge is 0.0216 e. The standard InChI is InChI=1S/C33H43BrS/c1-3-5-7-9-11-15-21-33(22-16-12-10-8-6-4-2)29-23-25(34)19-20-28(29)32-27-18-14-13-17-26(27)31(35)24-30(32)33/h13-14,17-20,23-24,35H,3-12,15-16,21-22H2,1-2H3. The van der Waals surface area contributed by atoms with E-state index in [4.69, 9.17) is 12.6 Å². The number of hydrogen-bond acceptors (Lipinski definition) is 1. The van der Waals surface area contributed by atoms with Crippen LogP contribution in [0, 0.1) is 0 Å². The first-order chi connectivity index (χ1) is 17.1. The molecule has 0 fully saturated rings. The molecule has 1 aliphatic carbocycles. The molecule has 0 amide bonds. The van der Waals surface area contributed by atoms with Crippen molar-refractivity contribution in [2.24, 2.45) is 0 Å². The van der Waals surface area contributed by atoms with Gasteiger partial charge in [0.1, 0.15) is 0 Å². The van der Waals surface area contributed by atoms with Gasteiger partial charge in [0.2, 0.25) is 0 Å². The minimum atomic E-state index is 0.103. The molecule has 3 aromatic carbocycles. The third-order valence-corrected chi connectivity index (χ3v) is 9.08. The lowest BCUT2D eigenvalue weighted by Gasteiger charge is -2.33. The summed E-state index contributed by atoms with van der Waals surface area (Å²) in [6, 6.07) is 18.4. The quantitative estimate of drug-likeness (QED) is 0.149. The van der Waals surface area contributed by atoms with Crippen molar-refractivity contribution in [3.05, 3.63) is 64.1 Å². The van der Waals surface area contributed by atoms with Gasteiger partial charge in [0.05, 0.1) is 0 Å². The van der Waals surface area contributed by atoms with E-state index < -0.39 is 0 Å². The zero-order chi connectivity index (χ0) is 24.7. The number of hydrogen-bond donors (Lipinski definition) is 1. The molecular formula is C33H43BrS. The molecule has 0 atom stereocenters. The molecule has 0 bridgehead atoms. The molecule has 0 heterocycles. The van der Waals surface area contributed by atoms with Crippen LogP contribution < -0.4 is 0 Å². The summed E-state index contributed by atoms with van der Waals surface area (Å²) in [5.41, 5.74) is 6.11. The van der Waals surface area contributed by atoms with Crippen LogP contribution in [-0.2, 0) is 5.41 Å². The lowest BCUT2D eigenvalue weighted by Crippen LogP contribution is -2.25. The fraction of sp³-hybridized carbons (Fsp3) is 0.515. The number of benzene rings is 3. The average Bonchev–Trinajstić information content (AvgIpc) is 3.12. The van der Waals surface area contributed by atoms with Crippen molar-refractivity contribution in [2.75, 3.05) is 0 Å². The summed E-state index contributed by atoms with van der Waals surface area (Å²) in [5, 5.41) is 2.64. The summed E-state index contributed by atoms with van der Waals surface area (Å²) in [6.07, 6.45) is 18.7. The van der Waals surface area contributed by atoms with Crippen molar-refractivity contribution >= 4 is 39.3 Å². The number of fused-ring (bicyclic) bond motifs is 5. The van der Waals surface area contributed by atoms with Crippen LogP contribution in [0.25, 0.3) is 21.9 Å². The first-order valence-electron chi connectivity index (χ1n) is 14.2. The van der Waals surface area contributed by atoms with Gasteiger partial charge in [0.25, 0.3) is 0 Å². The van der Waals surface area contributed by atoms with Crippen molar-refractivity contribution < 1.29 is 0 Å². The Labute approximate surface area is 227 Å². The van der Waals surface area contributed by atoms with Crippen LogP contribution in [0.1, 0.15) is 115 Å². The van der Waals surface area contributed by atoms with Gasteiger partial charge >= 0.3 is 0 Å². The SMILES string of the molecule is CCCCCCCCC1(CCCCCCCC)c2cc(Br)ccc2-c2c1cc(S)c1ccccc21. The van der Waals surface area contributed by atoms with Crippen LogP contribution in [0.5, 0.6) is 0 Å². The second kappa shape index (κ2) is 12.8. The second-order valence-corrected chi connectivity index (χ2v) is 12.1. The third-order valence-electron chi connectivity index (χ3n) is 8.22. The van der Waals surface area contributed by atoms with E-state index in [1.807, 2.05) is 0 Å². The molecule has 3 aromatic rings. The highest BCUT2D eigenvalue weighted by atomic mass is 79.9. The van der Waals surface area contributed by atoms with Crippen LogP contribution in [-0.4, -0.2) is 0 Å². The van der Waals surface area contributed by atoms with Gasteiger partial charge in [-0.1, -0.05) is 137 Å². The summed E-state index contributed by atoms with van der Waals surface area (Å²) in [6.45, 7) is 4.61. The van der Waals surface area contributed by atoms with Gasteiger partial charge in [0.15, 0.2) is 0 Å². The van der Waals surface area contributed by atoms with Crippen molar-refractivity contribution in [1.29, 1.82) is 0 Å². The average molecular weight is 552 g/mol. The van der Waals surface area contributed by atoms with Crippen LogP contribution >= 0.6 is 28.6 Å². The maximum atomic E-state index is 5.01. The second-order valence-electron chi connectivity index (χ2n) is 10.7. The fourth-order valence-electron chi connectivity index (χ4n) is 6.38. The predicted molar refractivity (Wildman–Crippen MR) is 161 cm³/mol. The van der Waals surface area contributed by atoms with E-state index in [-0.39, 0.29) is 5.41 Å². The van der Waals surface area contributed by atoms with Gasteiger partial charge in [-0.25, -0.2) is 0 Å². The van der Waals surface area contributed by atoms with Crippen molar-refractivity contribution in [2.45, 2.75) is 114 Å². The summed E-state index contributed by atoms with van der Waals surface area (Å²) < 4.78 is 1.20. The van der Waals surface area contributed by atoms with E-state index in [1.165, 1.54) is 122 Å². The van der Waals surface area contributed by atoms with Crippen LogP contribution in [0.15, 0.2) is 57.9 Å². The van der Waals surface area contributed by atoms with Crippen molar-refractivity contribution in [1.82, 2.24) is 0 Å². The minimum absolute atomic E-state index is 0.103. The number of halogens is 1. The Morgan fingerprint density at radius 2 is 1.23 bits per heavy atom. The lowest BCUT2D eigenvalue weighted by atomic mass is 9.70. The molecule has 1 aliphatic rings. The Morgan fingerprint density at radius 3 is 1.86 bits per heavy atom. The van der Waals surface area contributed by atoms with E-state index >= 15 is 0 Å². The minimum Gasteiger partial charge on any atom is -0.143 e. The van der Waals surface area contributed by atoms with Gasteiger partial charge in [-0.15, -0.1) is 12.6 Å². The van der Waals surface area contributed by atoms with Crippen molar-refractivity contribution in [3.8, 4) is 11.1 Å². The van der Waals surface area contributed by atoms with Gasteiger partial charge in [0, 0.05) is 14.8 Å². The molecule has 4 rings (SSSR count). The number of thiol groups is 1. The zero-order valence-electron chi connectivity index (χ0n) is 21.8. The molecule has 0 aliphatic heterocycles. The molecule has 2 heteroatoms. The summed E-state index contributed by atoms with van der Waals surface area (Å²) in [5.74, 6) is 0. The van der Waals surface area contributed by atoms with Gasteiger partial charge in [-0.05, 0) is 64.1 Å². The van der Waals surface area contributed by atoms with Gasteiger partial charge in [-0.2, -0.15) is 0 Å². The highest BCUT2D eigenvalue weighted by Gasteiger charge is 2.43. The first-order valence-corrected chi connectivity index (χ1v) is 15.4. The molecule has 0 saturated heterocycles. The Kier molecular flexibility index (Phi) is 9.82. The number of unbranched alkanes of at least 4 members (excludes halogenated alkanes) is 10.